The molecule has 25 heavy (non-hydrogen) atoms. The lowest BCUT2D eigenvalue weighted by atomic mass is 10.1. The number of quaternary nitrogens is 1. The molecule has 0 aromatic heterocycles. The molecule has 1 amide bonds. The van der Waals surface area contributed by atoms with Crippen LogP contribution in [0.2, 0.25) is 10.0 Å². The SMILES string of the molecule is COc1ccc(CNC(=O)[C@@H](C)[NH+](C)Cc2cccc(Cl)c2Cl)cc1. The summed E-state index contributed by atoms with van der Waals surface area (Å²) in [5.41, 5.74) is 1.96. The first-order valence-corrected chi connectivity index (χ1v) is 8.83. The zero-order valence-electron chi connectivity index (χ0n) is 14.6. The number of amides is 1. The Kier molecular flexibility index (Phi) is 7.12. The fraction of sp³-hybridized carbons (Fsp3) is 0.316. The molecule has 0 heterocycles. The lowest BCUT2D eigenvalue weighted by molar-refractivity contribution is -0.908. The predicted octanol–water partition coefficient (Wildman–Crippen LogP) is 2.72. The van der Waals surface area contributed by atoms with E-state index in [2.05, 4.69) is 5.32 Å². The zero-order valence-corrected chi connectivity index (χ0v) is 16.1. The maximum atomic E-state index is 12.4. The van der Waals surface area contributed by atoms with Crippen molar-refractivity contribution in [2.24, 2.45) is 0 Å². The van der Waals surface area contributed by atoms with Crippen molar-refractivity contribution < 1.29 is 14.4 Å². The first kappa shape index (κ1) is 19.6. The van der Waals surface area contributed by atoms with Crippen LogP contribution in [-0.4, -0.2) is 26.1 Å². The summed E-state index contributed by atoms with van der Waals surface area (Å²) in [4.78, 5) is 13.4. The van der Waals surface area contributed by atoms with Crippen LogP contribution in [0.15, 0.2) is 42.5 Å². The molecule has 0 saturated carbocycles. The first-order valence-electron chi connectivity index (χ1n) is 8.08. The minimum atomic E-state index is -0.215. The number of halogens is 2. The van der Waals surface area contributed by atoms with Gasteiger partial charge in [-0.05, 0) is 30.7 Å². The number of carbonyl (C=O) groups is 1. The number of rotatable bonds is 7. The van der Waals surface area contributed by atoms with E-state index in [0.717, 1.165) is 21.8 Å². The van der Waals surface area contributed by atoms with Gasteiger partial charge in [0, 0.05) is 12.1 Å². The molecule has 1 unspecified atom stereocenters. The number of carbonyl (C=O) groups excluding carboxylic acids is 1. The molecular weight excluding hydrogens is 359 g/mol. The molecule has 0 radical (unpaired) electrons. The number of benzene rings is 2. The number of nitrogens with one attached hydrogen (secondary N) is 2. The predicted molar refractivity (Wildman–Crippen MR) is 101 cm³/mol. The van der Waals surface area contributed by atoms with E-state index in [1.54, 1.807) is 13.2 Å². The van der Waals surface area contributed by atoms with E-state index in [-0.39, 0.29) is 11.9 Å². The maximum Gasteiger partial charge on any atom is 0.278 e. The van der Waals surface area contributed by atoms with Crippen molar-refractivity contribution in [3.63, 3.8) is 0 Å². The van der Waals surface area contributed by atoms with Gasteiger partial charge in [-0.25, -0.2) is 0 Å². The van der Waals surface area contributed by atoms with Crippen molar-refractivity contribution in [3.05, 3.63) is 63.6 Å². The lowest BCUT2D eigenvalue weighted by Crippen LogP contribution is -3.12. The third kappa shape index (κ3) is 5.36. The van der Waals surface area contributed by atoms with Crippen LogP contribution in [0.1, 0.15) is 18.1 Å². The van der Waals surface area contributed by atoms with Gasteiger partial charge in [-0.1, -0.05) is 47.5 Å². The Bertz CT molecular complexity index is 720. The number of ether oxygens (including phenoxy) is 1. The molecule has 4 nitrogen and oxygen atoms in total. The van der Waals surface area contributed by atoms with Gasteiger partial charge in [0.25, 0.3) is 5.91 Å². The highest BCUT2D eigenvalue weighted by molar-refractivity contribution is 6.42. The minimum Gasteiger partial charge on any atom is -0.497 e. The van der Waals surface area contributed by atoms with Crippen molar-refractivity contribution in [2.75, 3.05) is 14.2 Å². The fourth-order valence-electron chi connectivity index (χ4n) is 2.45. The monoisotopic (exact) mass is 381 g/mol. The van der Waals surface area contributed by atoms with Crippen molar-refractivity contribution in [3.8, 4) is 5.75 Å². The van der Waals surface area contributed by atoms with Gasteiger partial charge < -0.3 is 15.0 Å². The van der Waals surface area contributed by atoms with E-state index in [0.29, 0.717) is 23.1 Å². The van der Waals surface area contributed by atoms with E-state index >= 15 is 0 Å². The standard InChI is InChI=1S/C19H22Cl2N2O2/c1-13(23(2)12-15-5-4-6-17(20)18(15)21)19(24)22-11-14-7-9-16(25-3)10-8-14/h4-10,13H,11-12H2,1-3H3,(H,22,24)/p+1/t13-/m1/s1. The molecule has 0 spiro atoms. The third-order valence-corrected chi connectivity index (χ3v) is 5.12. The van der Waals surface area contributed by atoms with Gasteiger partial charge in [0.05, 0.1) is 24.2 Å². The van der Waals surface area contributed by atoms with Gasteiger partial charge >= 0.3 is 0 Å². The molecule has 134 valence electrons. The molecule has 0 aliphatic carbocycles. The van der Waals surface area contributed by atoms with Gasteiger partial charge in [0.15, 0.2) is 6.04 Å². The number of hydrogen-bond donors (Lipinski definition) is 2. The highest BCUT2D eigenvalue weighted by atomic mass is 35.5. The first-order chi connectivity index (χ1) is 11.9. The van der Waals surface area contributed by atoms with Crippen LogP contribution in [0, 0.1) is 0 Å². The van der Waals surface area contributed by atoms with Gasteiger partial charge in [0.2, 0.25) is 0 Å². The average molecular weight is 382 g/mol. The summed E-state index contributed by atoms with van der Waals surface area (Å²) in [5.74, 6) is 0.789. The second-order valence-electron chi connectivity index (χ2n) is 6.02. The topological polar surface area (TPSA) is 42.8 Å². The van der Waals surface area contributed by atoms with Gasteiger partial charge in [-0.15, -0.1) is 0 Å². The fourth-order valence-corrected chi connectivity index (χ4v) is 2.83. The quantitative estimate of drug-likeness (QED) is 0.774. The van der Waals surface area contributed by atoms with Crippen LogP contribution in [0.3, 0.4) is 0 Å². The van der Waals surface area contributed by atoms with Crippen LogP contribution in [-0.2, 0) is 17.9 Å². The Morgan fingerprint density at radius 1 is 1.20 bits per heavy atom. The summed E-state index contributed by atoms with van der Waals surface area (Å²) >= 11 is 12.3. The molecule has 0 fully saturated rings. The molecule has 2 atom stereocenters. The molecule has 6 heteroatoms. The Balaban J connectivity index is 1.90. The van der Waals surface area contributed by atoms with Crippen molar-refractivity contribution in [1.82, 2.24) is 5.32 Å². The van der Waals surface area contributed by atoms with Gasteiger partial charge in [-0.2, -0.15) is 0 Å². The van der Waals surface area contributed by atoms with Gasteiger partial charge in [0.1, 0.15) is 12.3 Å². The number of methoxy groups -OCH3 is 1. The largest absolute Gasteiger partial charge is 0.497 e. The Hall–Kier alpha value is -1.75. The van der Waals surface area contributed by atoms with Crippen LogP contribution in [0.25, 0.3) is 0 Å². The van der Waals surface area contributed by atoms with Crippen molar-refractivity contribution >= 4 is 29.1 Å². The van der Waals surface area contributed by atoms with Crippen LogP contribution >= 0.6 is 23.2 Å². The lowest BCUT2D eigenvalue weighted by Gasteiger charge is -2.21. The van der Waals surface area contributed by atoms with Crippen LogP contribution in [0.4, 0.5) is 0 Å². The normalized spacial score (nSPS) is 13.2. The molecule has 0 aliphatic heterocycles. The second-order valence-corrected chi connectivity index (χ2v) is 6.81. The van der Waals surface area contributed by atoms with E-state index in [1.807, 2.05) is 50.4 Å². The summed E-state index contributed by atoms with van der Waals surface area (Å²) in [6.07, 6.45) is 0. The average Bonchev–Trinajstić information content (AvgIpc) is 2.63. The molecular formula is C19H23Cl2N2O2+. The molecule has 0 bridgehead atoms. The van der Waals surface area contributed by atoms with Crippen molar-refractivity contribution in [1.29, 1.82) is 0 Å². The Morgan fingerprint density at radius 2 is 1.88 bits per heavy atom. The number of hydrogen-bond acceptors (Lipinski definition) is 2. The summed E-state index contributed by atoms with van der Waals surface area (Å²) in [5, 5.41) is 4.05. The maximum absolute atomic E-state index is 12.4. The molecule has 2 aromatic carbocycles. The Labute approximate surface area is 158 Å². The van der Waals surface area contributed by atoms with Crippen molar-refractivity contribution in [2.45, 2.75) is 26.1 Å². The van der Waals surface area contributed by atoms with E-state index in [1.165, 1.54) is 0 Å². The second kappa shape index (κ2) is 9.09. The summed E-state index contributed by atoms with van der Waals surface area (Å²) < 4.78 is 5.13. The summed E-state index contributed by atoms with van der Waals surface area (Å²) in [7, 11) is 3.60. The molecule has 2 N–H and O–H groups in total. The molecule has 2 rings (SSSR count). The number of likely N-dealkylation sites (N-methyl/N-ethyl adjacent to an activating group) is 1. The highest BCUT2D eigenvalue weighted by Crippen LogP contribution is 2.24. The molecule has 0 saturated heterocycles. The Morgan fingerprint density at radius 3 is 2.52 bits per heavy atom. The molecule has 2 aromatic rings. The molecule has 0 aliphatic rings. The minimum absolute atomic E-state index is 0.00790. The summed E-state index contributed by atoms with van der Waals surface area (Å²) in [6, 6.07) is 13.0. The highest BCUT2D eigenvalue weighted by Gasteiger charge is 2.22. The van der Waals surface area contributed by atoms with Crippen LogP contribution < -0.4 is 15.0 Å². The van der Waals surface area contributed by atoms with E-state index < -0.39 is 0 Å². The third-order valence-electron chi connectivity index (χ3n) is 4.26. The summed E-state index contributed by atoms with van der Waals surface area (Å²) in [6.45, 7) is 3.01. The van der Waals surface area contributed by atoms with Crippen LogP contribution in [0.5, 0.6) is 5.75 Å². The van der Waals surface area contributed by atoms with Gasteiger partial charge in [-0.3, -0.25) is 4.79 Å². The van der Waals surface area contributed by atoms with E-state index in [9.17, 15) is 4.79 Å². The van der Waals surface area contributed by atoms with E-state index in [4.69, 9.17) is 27.9 Å². The zero-order chi connectivity index (χ0) is 18.4. The smallest absolute Gasteiger partial charge is 0.278 e.